The third-order valence-electron chi connectivity index (χ3n) is 3.63. The molecule has 0 radical (unpaired) electrons. The van der Waals surface area contributed by atoms with Crippen molar-refractivity contribution in [1.82, 2.24) is 0 Å². The molecule has 2 aromatic carbocycles. The predicted molar refractivity (Wildman–Crippen MR) is 96.2 cm³/mol. The van der Waals surface area contributed by atoms with Crippen molar-refractivity contribution >= 4 is 44.3 Å². The first-order valence-corrected chi connectivity index (χ1v) is 9.29. The van der Waals surface area contributed by atoms with Gasteiger partial charge in [0.1, 0.15) is 16.2 Å². The molecule has 130 valence electrons. The average molecular weight is 399 g/mol. The smallest absolute Gasteiger partial charge is 0.340 e. The maximum Gasteiger partial charge on any atom is 0.340 e. The third kappa shape index (κ3) is 3.38. The van der Waals surface area contributed by atoms with Crippen LogP contribution in [0.1, 0.15) is 11.1 Å². The monoisotopic (exact) mass is 398 g/mol. The van der Waals surface area contributed by atoms with Crippen molar-refractivity contribution in [3.05, 3.63) is 68.0 Å². The van der Waals surface area contributed by atoms with Gasteiger partial charge in [0.2, 0.25) is 0 Å². The van der Waals surface area contributed by atoms with Crippen LogP contribution in [0.5, 0.6) is 5.75 Å². The van der Waals surface area contributed by atoms with Crippen LogP contribution in [0.3, 0.4) is 0 Å². The van der Waals surface area contributed by atoms with Crippen LogP contribution in [-0.2, 0) is 10.1 Å². The minimum absolute atomic E-state index is 0.107. The second-order valence-electron chi connectivity index (χ2n) is 5.45. The van der Waals surface area contributed by atoms with E-state index in [1.807, 2.05) is 0 Å². The molecule has 3 aromatic rings. The van der Waals surface area contributed by atoms with Gasteiger partial charge < -0.3 is 8.60 Å². The first-order valence-electron chi connectivity index (χ1n) is 7.12. The summed E-state index contributed by atoms with van der Waals surface area (Å²) in [5.74, 6) is 0.112. The van der Waals surface area contributed by atoms with E-state index in [1.165, 1.54) is 30.3 Å². The highest BCUT2D eigenvalue weighted by Crippen LogP contribution is 2.33. The number of benzene rings is 2. The number of aryl methyl sites for hydroxylation is 2. The van der Waals surface area contributed by atoms with E-state index in [2.05, 4.69) is 0 Å². The Morgan fingerprint density at radius 2 is 1.76 bits per heavy atom. The molecule has 1 heterocycles. The van der Waals surface area contributed by atoms with Gasteiger partial charge >= 0.3 is 15.7 Å². The zero-order valence-corrected chi connectivity index (χ0v) is 15.5. The molecule has 0 aliphatic carbocycles. The zero-order chi connectivity index (χ0) is 18.4. The van der Waals surface area contributed by atoms with Crippen molar-refractivity contribution in [2.75, 3.05) is 0 Å². The molecule has 0 fully saturated rings. The fourth-order valence-corrected chi connectivity index (χ4v) is 4.10. The number of fused-ring (bicyclic) bond motifs is 1. The summed E-state index contributed by atoms with van der Waals surface area (Å²) < 4.78 is 35.5. The molecule has 0 spiro atoms. The molecule has 0 saturated carbocycles. The fraction of sp³-hybridized carbons (Fsp3) is 0.118. The maximum absolute atomic E-state index is 12.6. The van der Waals surface area contributed by atoms with E-state index in [-0.39, 0.29) is 20.7 Å². The van der Waals surface area contributed by atoms with E-state index < -0.39 is 15.7 Å². The summed E-state index contributed by atoms with van der Waals surface area (Å²) >= 11 is 11.9. The van der Waals surface area contributed by atoms with Crippen LogP contribution in [0.25, 0.3) is 11.0 Å². The third-order valence-corrected chi connectivity index (χ3v) is 5.84. The van der Waals surface area contributed by atoms with Gasteiger partial charge in [-0.3, -0.25) is 0 Å². The lowest BCUT2D eigenvalue weighted by Crippen LogP contribution is -2.11. The summed E-state index contributed by atoms with van der Waals surface area (Å²) in [7, 11) is -4.19. The standard InChI is InChI=1S/C17H12Cl2O5S/c1-9-7-16(20)23-14-6-10(2)13(8-11(9)14)24-25(21,22)15-5-3-4-12(18)17(15)19/h3-8H,1-2H3. The quantitative estimate of drug-likeness (QED) is 0.480. The highest BCUT2D eigenvalue weighted by molar-refractivity contribution is 7.87. The molecule has 0 unspecified atom stereocenters. The normalized spacial score (nSPS) is 11.7. The first-order chi connectivity index (χ1) is 11.7. The second-order valence-corrected chi connectivity index (χ2v) is 7.75. The van der Waals surface area contributed by atoms with Crippen LogP contribution in [0.4, 0.5) is 0 Å². The lowest BCUT2D eigenvalue weighted by Gasteiger charge is -2.12. The molecular weight excluding hydrogens is 387 g/mol. The molecule has 0 aliphatic heterocycles. The van der Waals surface area contributed by atoms with Crippen LogP contribution >= 0.6 is 23.2 Å². The Kier molecular flexibility index (Phi) is 4.53. The molecule has 0 saturated heterocycles. The molecule has 0 atom stereocenters. The van der Waals surface area contributed by atoms with Gasteiger partial charge in [0.15, 0.2) is 0 Å². The predicted octanol–water partition coefficient (Wildman–Crippen LogP) is 4.48. The van der Waals surface area contributed by atoms with Crippen LogP contribution in [0.2, 0.25) is 10.0 Å². The van der Waals surface area contributed by atoms with Gasteiger partial charge in [0.05, 0.1) is 10.0 Å². The van der Waals surface area contributed by atoms with Gasteiger partial charge in [0.25, 0.3) is 0 Å². The SMILES string of the molecule is Cc1cc2oc(=O)cc(C)c2cc1OS(=O)(=O)c1cccc(Cl)c1Cl. The van der Waals surface area contributed by atoms with Crippen LogP contribution in [0.15, 0.2) is 50.5 Å². The van der Waals surface area contributed by atoms with Gasteiger partial charge in [-0.1, -0.05) is 29.3 Å². The van der Waals surface area contributed by atoms with Crippen molar-refractivity contribution < 1.29 is 17.0 Å². The summed E-state index contributed by atoms with van der Waals surface area (Å²) in [6, 6.07) is 8.65. The van der Waals surface area contributed by atoms with Crippen molar-refractivity contribution in [2.45, 2.75) is 18.7 Å². The minimum Gasteiger partial charge on any atom is -0.423 e. The molecule has 0 N–H and O–H groups in total. The Balaban J connectivity index is 2.12. The van der Waals surface area contributed by atoms with E-state index in [0.29, 0.717) is 22.1 Å². The van der Waals surface area contributed by atoms with Crippen LogP contribution in [-0.4, -0.2) is 8.42 Å². The van der Waals surface area contributed by atoms with E-state index in [1.54, 1.807) is 19.9 Å². The lowest BCUT2D eigenvalue weighted by atomic mass is 10.1. The Labute approximate surface area is 153 Å². The molecule has 1 aromatic heterocycles. The van der Waals surface area contributed by atoms with Crippen LogP contribution < -0.4 is 9.81 Å². The fourth-order valence-electron chi connectivity index (χ4n) is 2.38. The van der Waals surface area contributed by atoms with Crippen molar-refractivity contribution in [1.29, 1.82) is 0 Å². The Bertz CT molecular complexity index is 1150. The Morgan fingerprint density at radius 1 is 1.04 bits per heavy atom. The van der Waals surface area contributed by atoms with E-state index in [4.69, 9.17) is 31.8 Å². The maximum atomic E-state index is 12.6. The van der Waals surface area contributed by atoms with Crippen molar-refractivity contribution in [3.8, 4) is 5.75 Å². The molecule has 0 amide bonds. The zero-order valence-electron chi connectivity index (χ0n) is 13.2. The minimum atomic E-state index is -4.19. The molecular formula is C17H12Cl2O5S. The molecule has 0 aliphatic rings. The van der Waals surface area contributed by atoms with Gasteiger partial charge in [0, 0.05) is 11.5 Å². The molecule has 25 heavy (non-hydrogen) atoms. The van der Waals surface area contributed by atoms with E-state index in [0.717, 1.165) is 0 Å². The van der Waals surface area contributed by atoms with Gasteiger partial charge in [-0.25, -0.2) is 4.79 Å². The molecule has 0 bridgehead atoms. The summed E-state index contributed by atoms with van der Waals surface area (Å²) in [6.45, 7) is 3.37. The average Bonchev–Trinajstić information content (AvgIpc) is 2.51. The Morgan fingerprint density at radius 3 is 2.48 bits per heavy atom. The largest absolute Gasteiger partial charge is 0.423 e. The van der Waals surface area contributed by atoms with E-state index in [9.17, 15) is 13.2 Å². The molecule has 3 rings (SSSR count). The number of hydrogen-bond donors (Lipinski definition) is 0. The summed E-state index contributed by atoms with van der Waals surface area (Å²) in [6.07, 6.45) is 0. The number of rotatable bonds is 3. The van der Waals surface area contributed by atoms with Gasteiger partial charge in [-0.05, 0) is 49.2 Å². The van der Waals surface area contributed by atoms with Gasteiger partial charge in [-0.15, -0.1) is 0 Å². The summed E-state index contributed by atoms with van der Waals surface area (Å²) in [5, 5.41) is 0.580. The first kappa shape index (κ1) is 17.8. The highest BCUT2D eigenvalue weighted by Gasteiger charge is 2.23. The van der Waals surface area contributed by atoms with Crippen molar-refractivity contribution in [3.63, 3.8) is 0 Å². The molecule has 5 nitrogen and oxygen atoms in total. The van der Waals surface area contributed by atoms with E-state index >= 15 is 0 Å². The number of halogens is 2. The topological polar surface area (TPSA) is 73.6 Å². The second kappa shape index (κ2) is 6.37. The number of hydrogen-bond acceptors (Lipinski definition) is 5. The van der Waals surface area contributed by atoms with Crippen LogP contribution in [0, 0.1) is 13.8 Å². The molecule has 8 heteroatoms. The summed E-state index contributed by atoms with van der Waals surface area (Å²) in [5.41, 5.74) is 1.02. The summed E-state index contributed by atoms with van der Waals surface area (Å²) in [4.78, 5) is 11.2. The lowest BCUT2D eigenvalue weighted by molar-refractivity contribution is 0.484. The van der Waals surface area contributed by atoms with Gasteiger partial charge in [-0.2, -0.15) is 8.42 Å². The Hall–Kier alpha value is -2.02. The highest BCUT2D eigenvalue weighted by atomic mass is 35.5. The van der Waals surface area contributed by atoms with Crippen molar-refractivity contribution in [2.24, 2.45) is 0 Å².